The van der Waals surface area contributed by atoms with Crippen LogP contribution in [0, 0.1) is 0 Å². The van der Waals surface area contributed by atoms with Gasteiger partial charge in [0.15, 0.2) is 0 Å². The molecule has 7 aromatic carbocycles. The summed E-state index contributed by atoms with van der Waals surface area (Å²) in [6.45, 7) is 21.7. The highest BCUT2D eigenvalue weighted by molar-refractivity contribution is 5.96. The van der Waals surface area contributed by atoms with Crippen LogP contribution in [0.5, 0.6) is 0 Å². The topological polar surface area (TPSA) is 6.48 Å². The van der Waals surface area contributed by atoms with E-state index in [1.54, 1.807) is 0 Å². The first-order valence-corrected chi connectivity index (χ1v) is 22.9. The molecule has 0 amide bonds. The highest BCUT2D eigenvalue weighted by Crippen LogP contribution is 2.58. The van der Waals surface area contributed by atoms with Crippen LogP contribution in [0.4, 0.5) is 17.1 Å². The van der Waals surface area contributed by atoms with Crippen molar-refractivity contribution in [1.82, 2.24) is 0 Å². The highest BCUT2D eigenvalue weighted by atomic mass is 15.2. The second kappa shape index (κ2) is 16.6. The van der Waals surface area contributed by atoms with Gasteiger partial charge < -0.3 is 9.80 Å². The van der Waals surface area contributed by atoms with Gasteiger partial charge in [-0.3, -0.25) is 0 Å². The van der Waals surface area contributed by atoms with E-state index in [4.69, 9.17) is 0 Å². The van der Waals surface area contributed by atoms with Crippen molar-refractivity contribution in [3.8, 4) is 44.5 Å². The van der Waals surface area contributed by atoms with Gasteiger partial charge in [0.05, 0.1) is 0 Å². The van der Waals surface area contributed by atoms with Crippen LogP contribution in [-0.2, 0) is 10.8 Å². The van der Waals surface area contributed by atoms with Crippen LogP contribution in [0.25, 0.3) is 44.5 Å². The number of rotatable bonds is 11. The quantitative estimate of drug-likeness (QED) is 0.120. The van der Waals surface area contributed by atoms with E-state index in [2.05, 4.69) is 246 Å². The summed E-state index contributed by atoms with van der Waals surface area (Å²) in [7, 11) is 0. The van der Waals surface area contributed by atoms with Gasteiger partial charge in [0, 0.05) is 57.8 Å². The molecule has 7 aromatic rings. The molecule has 10 rings (SSSR count). The zero-order valence-electron chi connectivity index (χ0n) is 38.3. The predicted octanol–water partition coefficient (Wildman–Crippen LogP) is 16.3. The highest BCUT2D eigenvalue weighted by Gasteiger charge is 2.42. The summed E-state index contributed by atoms with van der Waals surface area (Å²) in [5, 5.41) is 0. The minimum atomic E-state index is -0.234. The summed E-state index contributed by atoms with van der Waals surface area (Å²) < 4.78 is 0. The number of fused-ring (bicyclic) bond motifs is 6. The third-order valence-corrected chi connectivity index (χ3v) is 14.1. The molecule has 2 aliphatic carbocycles. The largest absolute Gasteiger partial charge is 0.336 e. The SMILES string of the molecule is C=CC1=C(/C=C\C)/C(=C/C=C(\C=C)CN(c2ccc3c(c2)C(C)(C)c2cc4c(cc2-3)C(C)(C)c2cccc(-c3ccccc3)c2-4)c2ccccc2-c2ccccc2)CN1c1ccccc1. The molecule has 0 aromatic heterocycles. The average Bonchev–Trinajstić information content (AvgIpc) is 3.90. The molecule has 2 heteroatoms. The van der Waals surface area contributed by atoms with Crippen molar-refractivity contribution in [2.45, 2.75) is 45.4 Å². The zero-order valence-corrected chi connectivity index (χ0v) is 38.3. The smallest absolute Gasteiger partial charge is 0.0493 e. The van der Waals surface area contributed by atoms with Gasteiger partial charge in [-0.25, -0.2) is 0 Å². The van der Waals surface area contributed by atoms with Gasteiger partial charge >= 0.3 is 0 Å². The maximum atomic E-state index is 4.39. The minimum Gasteiger partial charge on any atom is -0.336 e. The van der Waals surface area contributed by atoms with Crippen LogP contribution in [-0.4, -0.2) is 13.1 Å². The molecule has 0 bridgehead atoms. The monoisotopic (exact) mass is 840 g/mol. The Balaban J connectivity index is 1.08. The molecule has 0 atom stereocenters. The number of benzene rings is 7. The first-order valence-electron chi connectivity index (χ1n) is 22.9. The molecule has 318 valence electrons. The normalized spacial score (nSPS) is 16.1. The fourth-order valence-corrected chi connectivity index (χ4v) is 10.7. The Labute approximate surface area is 386 Å². The summed E-state index contributed by atoms with van der Waals surface area (Å²) in [4.78, 5) is 4.83. The van der Waals surface area contributed by atoms with E-state index in [1.165, 1.54) is 77.9 Å². The molecule has 0 spiro atoms. The van der Waals surface area contributed by atoms with Crippen LogP contribution in [0.15, 0.2) is 236 Å². The van der Waals surface area contributed by atoms with Crippen LogP contribution < -0.4 is 9.80 Å². The minimum absolute atomic E-state index is 0.132. The average molecular weight is 841 g/mol. The third kappa shape index (κ3) is 7.05. The summed E-state index contributed by atoms with van der Waals surface area (Å²) in [5.74, 6) is 0. The van der Waals surface area contributed by atoms with Crippen LogP contribution in [0.1, 0.15) is 56.9 Å². The van der Waals surface area contributed by atoms with Gasteiger partial charge in [-0.05, 0) is 128 Å². The molecular weight excluding hydrogens is 785 g/mol. The maximum Gasteiger partial charge on any atom is 0.0493 e. The lowest BCUT2D eigenvalue weighted by molar-refractivity contribution is 0.652. The molecule has 0 radical (unpaired) electrons. The fourth-order valence-electron chi connectivity index (χ4n) is 10.7. The molecule has 0 saturated heterocycles. The Hall–Kier alpha value is -7.42. The number of anilines is 3. The Morgan fingerprint density at radius 1 is 0.600 bits per heavy atom. The number of para-hydroxylation sites is 2. The van der Waals surface area contributed by atoms with Crippen LogP contribution in [0.3, 0.4) is 0 Å². The van der Waals surface area contributed by atoms with E-state index in [0.29, 0.717) is 6.54 Å². The Morgan fingerprint density at radius 3 is 1.89 bits per heavy atom. The third-order valence-electron chi connectivity index (χ3n) is 14.1. The lowest BCUT2D eigenvalue weighted by Crippen LogP contribution is -2.22. The number of allylic oxidation sites excluding steroid dienone is 5. The Morgan fingerprint density at radius 2 is 1.20 bits per heavy atom. The number of hydrogen-bond acceptors (Lipinski definition) is 2. The molecule has 1 heterocycles. The lowest BCUT2D eigenvalue weighted by Gasteiger charge is -2.30. The second-order valence-electron chi connectivity index (χ2n) is 18.5. The van der Waals surface area contributed by atoms with Crippen molar-refractivity contribution in [1.29, 1.82) is 0 Å². The van der Waals surface area contributed by atoms with Gasteiger partial charge in [0.2, 0.25) is 0 Å². The molecule has 1 aliphatic heterocycles. The van der Waals surface area contributed by atoms with Crippen molar-refractivity contribution >= 4 is 17.1 Å². The zero-order chi connectivity index (χ0) is 44.9. The van der Waals surface area contributed by atoms with Crippen molar-refractivity contribution in [2.75, 3.05) is 22.9 Å². The van der Waals surface area contributed by atoms with Crippen LogP contribution >= 0.6 is 0 Å². The first kappa shape index (κ1) is 41.6. The summed E-state index contributed by atoms with van der Waals surface area (Å²) in [5.41, 5.74) is 23.6. The van der Waals surface area contributed by atoms with E-state index in [1.807, 2.05) is 12.2 Å². The van der Waals surface area contributed by atoms with Gasteiger partial charge in [-0.1, -0.05) is 193 Å². The summed E-state index contributed by atoms with van der Waals surface area (Å²) >= 11 is 0. The molecule has 65 heavy (non-hydrogen) atoms. The van der Waals surface area contributed by atoms with Crippen molar-refractivity contribution in [3.63, 3.8) is 0 Å². The summed E-state index contributed by atoms with van der Waals surface area (Å²) in [6.07, 6.45) is 12.9. The van der Waals surface area contributed by atoms with E-state index >= 15 is 0 Å². The van der Waals surface area contributed by atoms with Crippen molar-refractivity contribution in [3.05, 3.63) is 258 Å². The molecular formula is C63H56N2. The Bertz CT molecular complexity index is 3120. The first-order chi connectivity index (χ1) is 31.6. The van der Waals surface area contributed by atoms with Gasteiger partial charge in [-0.2, -0.15) is 0 Å². The summed E-state index contributed by atoms with van der Waals surface area (Å²) in [6, 6.07) is 60.2. The number of hydrogen-bond donors (Lipinski definition) is 0. The van der Waals surface area contributed by atoms with E-state index in [0.717, 1.165) is 34.9 Å². The fraction of sp³-hybridized carbons (Fsp3) is 0.143. The van der Waals surface area contributed by atoms with Gasteiger partial charge in [-0.15, -0.1) is 0 Å². The van der Waals surface area contributed by atoms with E-state index < -0.39 is 0 Å². The molecule has 0 saturated carbocycles. The predicted molar refractivity (Wildman–Crippen MR) is 278 cm³/mol. The van der Waals surface area contributed by atoms with Crippen molar-refractivity contribution in [2.24, 2.45) is 0 Å². The molecule has 2 nitrogen and oxygen atoms in total. The standard InChI is InChI=1S/C63H56N2/c1-8-23-49-46(42-65(59(49)10-3)47-28-18-13-19-29-47)35-34-43(9-2)41-64(60-33-21-20-30-50(60)44-24-14-11-15-25-44)48-36-37-52-53-39-58-54(40-57(53)63(6,7)56(52)38-48)61-51(45-26-16-12-17-27-45)31-22-32-55(61)62(58,4)5/h8-40H,2-3,41-42H2,1,4-7H3/b23-8-,43-34+,46-35+. The van der Waals surface area contributed by atoms with Crippen molar-refractivity contribution < 1.29 is 0 Å². The van der Waals surface area contributed by atoms with Gasteiger partial charge in [0.25, 0.3) is 0 Å². The van der Waals surface area contributed by atoms with E-state index in [-0.39, 0.29) is 10.8 Å². The second-order valence-corrected chi connectivity index (χ2v) is 18.5. The van der Waals surface area contributed by atoms with Gasteiger partial charge in [0.1, 0.15) is 0 Å². The maximum absolute atomic E-state index is 4.39. The van der Waals surface area contributed by atoms with Crippen LogP contribution in [0.2, 0.25) is 0 Å². The molecule has 3 aliphatic rings. The molecule has 0 unspecified atom stereocenters. The molecule has 0 fully saturated rings. The lowest BCUT2D eigenvalue weighted by atomic mass is 9.79. The Kier molecular flexibility index (Phi) is 10.6. The molecule has 0 N–H and O–H groups in total. The van der Waals surface area contributed by atoms with E-state index in [9.17, 15) is 0 Å². The number of nitrogens with zero attached hydrogens (tertiary/aromatic N) is 2.